The summed E-state index contributed by atoms with van der Waals surface area (Å²) in [5, 5.41) is 23.4. The highest BCUT2D eigenvalue weighted by Gasteiger charge is 2.47. The van der Waals surface area contributed by atoms with Gasteiger partial charge in [0.05, 0.1) is 23.4 Å². The predicted octanol–water partition coefficient (Wildman–Crippen LogP) is 6.99. The number of pyridine rings is 1. The summed E-state index contributed by atoms with van der Waals surface area (Å²) in [6, 6.07) is 14.5. The fourth-order valence-electron chi connectivity index (χ4n) is 4.89. The second-order valence-corrected chi connectivity index (χ2v) is 10.8. The molecule has 5 nitrogen and oxygen atoms in total. The monoisotopic (exact) mass is 489 g/mol. The van der Waals surface area contributed by atoms with Gasteiger partial charge in [-0.2, -0.15) is 0 Å². The van der Waals surface area contributed by atoms with E-state index in [0.29, 0.717) is 40.3 Å². The van der Waals surface area contributed by atoms with Gasteiger partial charge in [-0.15, -0.1) is 11.3 Å². The molecule has 0 saturated carbocycles. The van der Waals surface area contributed by atoms with E-state index in [9.17, 15) is 15.3 Å². The molecule has 1 unspecified atom stereocenters. The number of rotatable bonds is 3. The zero-order valence-electron chi connectivity index (χ0n) is 18.9. The Morgan fingerprint density at radius 3 is 2.59 bits per heavy atom. The highest BCUT2D eigenvalue weighted by molar-refractivity contribution is 7.10. The number of thiophene rings is 1. The fourth-order valence-corrected chi connectivity index (χ4v) is 5.86. The lowest BCUT2D eigenvalue weighted by Gasteiger charge is -2.44. The van der Waals surface area contributed by atoms with E-state index in [1.54, 1.807) is 41.6 Å². The number of hydrogen-bond acceptors (Lipinski definition) is 5. The third-order valence-electron chi connectivity index (χ3n) is 6.33. The van der Waals surface area contributed by atoms with Crippen molar-refractivity contribution in [3.63, 3.8) is 0 Å². The van der Waals surface area contributed by atoms with Crippen LogP contribution < -0.4 is 4.90 Å². The van der Waals surface area contributed by atoms with E-state index in [1.807, 2.05) is 29.6 Å². The van der Waals surface area contributed by atoms with E-state index in [1.165, 1.54) is 11.3 Å². The molecule has 2 aromatic heterocycles. The van der Waals surface area contributed by atoms with Gasteiger partial charge >= 0.3 is 0 Å². The van der Waals surface area contributed by atoms with E-state index in [2.05, 4.69) is 18.8 Å². The minimum Gasteiger partial charge on any atom is -0.507 e. The molecule has 0 saturated heterocycles. The Bertz CT molecular complexity index is 1330. The first-order chi connectivity index (χ1) is 16.3. The van der Waals surface area contributed by atoms with Gasteiger partial charge in [-0.25, -0.2) is 0 Å². The summed E-state index contributed by atoms with van der Waals surface area (Å²) in [4.78, 5) is 20.7. The maximum Gasteiger partial charge on any atom is 0.162 e. The molecule has 5 rings (SSSR count). The Labute approximate surface area is 207 Å². The van der Waals surface area contributed by atoms with Crippen LogP contribution in [0.15, 0.2) is 83.1 Å². The summed E-state index contributed by atoms with van der Waals surface area (Å²) in [7, 11) is 0. The molecule has 0 radical (unpaired) electrons. The van der Waals surface area contributed by atoms with E-state index >= 15 is 0 Å². The normalized spacial score (nSPS) is 21.5. The van der Waals surface area contributed by atoms with Crippen LogP contribution in [-0.4, -0.2) is 21.7 Å². The van der Waals surface area contributed by atoms with Crippen LogP contribution in [0.5, 0.6) is 0 Å². The van der Waals surface area contributed by atoms with Crippen molar-refractivity contribution in [2.75, 3.05) is 4.90 Å². The summed E-state index contributed by atoms with van der Waals surface area (Å²) < 4.78 is 0. The topological polar surface area (TPSA) is 77.3 Å². The van der Waals surface area contributed by atoms with Gasteiger partial charge < -0.3 is 5.11 Å². The number of nitrogens with one attached hydrogen (secondary N) is 1. The summed E-state index contributed by atoms with van der Waals surface area (Å²) >= 11 is 7.60. The van der Waals surface area contributed by atoms with E-state index in [0.717, 1.165) is 10.6 Å². The Morgan fingerprint density at radius 1 is 1.18 bits per heavy atom. The van der Waals surface area contributed by atoms with Crippen molar-refractivity contribution in [3.05, 3.63) is 98.6 Å². The molecule has 1 aromatic carbocycles. The van der Waals surface area contributed by atoms with Crippen LogP contribution in [0, 0.1) is 10.8 Å². The number of hydrogen-bond donors (Lipinski definition) is 2. The number of nitrogens with zero attached hydrogens (tertiary/aromatic N) is 2. The summed E-state index contributed by atoms with van der Waals surface area (Å²) in [5.74, 6) is -0.358. The zero-order valence-corrected chi connectivity index (χ0v) is 20.5. The molecule has 0 spiro atoms. The van der Waals surface area contributed by atoms with Crippen LogP contribution in [-0.2, 0) is 4.79 Å². The van der Waals surface area contributed by atoms with Crippen molar-refractivity contribution in [1.82, 2.24) is 4.98 Å². The lowest BCUT2D eigenvalue weighted by atomic mass is 9.68. The number of anilines is 1. The predicted molar refractivity (Wildman–Crippen MR) is 138 cm³/mol. The number of aromatic nitrogens is 1. The van der Waals surface area contributed by atoms with Crippen molar-refractivity contribution >= 4 is 46.0 Å². The van der Waals surface area contributed by atoms with Gasteiger partial charge in [0.15, 0.2) is 5.78 Å². The molecule has 2 N–H and O–H groups in total. The number of Topliss-reactive ketones (excluding diaryl/α,β-unsaturated/α-hetero) is 1. The van der Waals surface area contributed by atoms with Crippen molar-refractivity contribution < 1.29 is 9.90 Å². The molecular formula is C27H24ClN3O2S. The third kappa shape index (κ3) is 3.87. The summed E-state index contributed by atoms with van der Waals surface area (Å²) in [5.41, 5.74) is 2.86. The third-order valence-corrected chi connectivity index (χ3v) is 7.52. The van der Waals surface area contributed by atoms with Gasteiger partial charge in [0.1, 0.15) is 11.6 Å². The molecule has 1 atom stereocenters. The molecule has 1 aliphatic heterocycles. The largest absolute Gasteiger partial charge is 0.507 e. The molecule has 3 aromatic rings. The number of aliphatic hydroxyl groups excluding tert-OH is 1. The number of carbonyl (C=O) groups is 1. The lowest BCUT2D eigenvalue weighted by Crippen LogP contribution is -2.45. The molecule has 7 heteroatoms. The van der Waals surface area contributed by atoms with Gasteiger partial charge in [-0.05, 0) is 59.7 Å². The van der Waals surface area contributed by atoms with Crippen LogP contribution in [0.25, 0.3) is 5.76 Å². The number of ketones is 1. The Morgan fingerprint density at radius 2 is 1.94 bits per heavy atom. The maximum absolute atomic E-state index is 13.7. The molecule has 34 heavy (non-hydrogen) atoms. The van der Waals surface area contributed by atoms with Crippen LogP contribution in [0.4, 0.5) is 5.69 Å². The van der Waals surface area contributed by atoms with Gasteiger partial charge in [0.2, 0.25) is 0 Å². The number of benzene rings is 1. The first kappa shape index (κ1) is 22.6. The zero-order chi connectivity index (χ0) is 24.0. The second-order valence-electron chi connectivity index (χ2n) is 9.41. The van der Waals surface area contributed by atoms with E-state index in [-0.39, 0.29) is 22.8 Å². The van der Waals surface area contributed by atoms with E-state index in [4.69, 9.17) is 11.6 Å². The average Bonchev–Trinajstić information content (AvgIpc) is 3.33. The molecule has 0 bridgehead atoms. The Kier molecular flexibility index (Phi) is 5.66. The molecule has 0 fully saturated rings. The Hall–Kier alpha value is -3.22. The number of amidine groups is 1. The quantitative estimate of drug-likeness (QED) is 0.388. The van der Waals surface area contributed by atoms with Crippen molar-refractivity contribution in [1.29, 1.82) is 5.41 Å². The SMILES string of the molecule is CC1(C)CC(=O)C2=C(C1)N(c1cccnc1)C(=N)/C(=C(/O)c1ccc(Cl)cc1)C2c1cccs1. The number of carbonyl (C=O) groups excluding carboxylic acids is 1. The van der Waals surface area contributed by atoms with Crippen molar-refractivity contribution in [2.45, 2.75) is 32.6 Å². The number of allylic oxidation sites excluding steroid dienone is 2. The first-order valence-corrected chi connectivity index (χ1v) is 12.3. The van der Waals surface area contributed by atoms with Crippen LogP contribution in [0.1, 0.15) is 43.0 Å². The minimum absolute atomic E-state index is 0.0295. The van der Waals surface area contributed by atoms with Crippen LogP contribution in [0.2, 0.25) is 5.02 Å². The van der Waals surface area contributed by atoms with Gasteiger partial charge in [0.25, 0.3) is 0 Å². The van der Waals surface area contributed by atoms with Gasteiger partial charge in [-0.3, -0.25) is 20.1 Å². The smallest absolute Gasteiger partial charge is 0.162 e. The van der Waals surface area contributed by atoms with E-state index < -0.39 is 5.92 Å². The molecule has 2 aliphatic rings. The molecule has 172 valence electrons. The highest BCUT2D eigenvalue weighted by atomic mass is 35.5. The lowest BCUT2D eigenvalue weighted by molar-refractivity contribution is -0.118. The second kappa shape index (κ2) is 8.53. The standard InChI is InChI=1S/C27H24ClN3O2S/c1-27(2)13-19-22(20(32)14-27)23(21-6-4-12-34-21)24(25(33)16-7-9-17(28)10-8-16)26(29)31(19)18-5-3-11-30-15-18/h3-12,15,23,29,33H,13-14H2,1-2H3/b25-24+,29-26?. The van der Waals surface area contributed by atoms with Gasteiger partial charge in [-0.1, -0.05) is 31.5 Å². The molecule has 0 amide bonds. The highest BCUT2D eigenvalue weighted by Crippen LogP contribution is 2.51. The average molecular weight is 490 g/mol. The molecule has 1 aliphatic carbocycles. The number of aliphatic hydroxyl groups is 1. The van der Waals surface area contributed by atoms with Crippen molar-refractivity contribution in [3.8, 4) is 0 Å². The fraction of sp³-hybridized carbons (Fsp3) is 0.222. The van der Waals surface area contributed by atoms with Crippen LogP contribution >= 0.6 is 22.9 Å². The Balaban J connectivity index is 1.83. The minimum atomic E-state index is -0.519. The van der Waals surface area contributed by atoms with Crippen molar-refractivity contribution in [2.24, 2.45) is 5.41 Å². The number of halogens is 1. The molecular weight excluding hydrogens is 466 g/mol. The maximum atomic E-state index is 13.7. The van der Waals surface area contributed by atoms with Gasteiger partial charge in [0, 0.05) is 39.4 Å². The summed E-state index contributed by atoms with van der Waals surface area (Å²) in [6.07, 6.45) is 4.42. The molecule has 3 heterocycles. The van der Waals surface area contributed by atoms with Crippen LogP contribution in [0.3, 0.4) is 0 Å². The summed E-state index contributed by atoms with van der Waals surface area (Å²) in [6.45, 7) is 4.16. The first-order valence-electron chi connectivity index (χ1n) is 11.0.